The first-order chi connectivity index (χ1) is 13.2. The van der Waals surface area contributed by atoms with Crippen LogP contribution < -0.4 is 0 Å². The molecule has 0 unspecified atom stereocenters. The number of aliphatic hydroxyl groups excluding tert-OH is 1. The minimum atomic E-state index is -0.403. The summed E-state index contributed by atoms with van der Waals surface area (Å²) in [4.78, 5) is 16.3. The molecule has 0 radical (unpaired) electrons. The molecule has 27 heavy (non-hydrogen) atoms. The average molecular weight is 377 g/mol. The number of fused-ring (bicyclic) bond motifs is 1. The van der Waals surface area contributed by atoms with Crippen LogP contribution in [0, 0.1) is 5.92 Å². The molecule has 3 aliphatic rings. The zero-order valence-corrected chi connectivity index (χ0v) is 16.3. The van der Waals surface area contributed by atoms with Crippen LogP contribution in [0.25, 0.3) is 0 Å². The summed E-state index contributed by atoms with van der Waals surface area (Å²) in [5.41, 5.74) is 2.07. The molecule has 0 aromatic carbocycles. The van der Waals surface area contributed by atoms with Crippen molar-refractivity contribution >= 4 is 6.09 Å². The van der Waals surface area contributed by atoms with Gasteiger partial charge in [0.25, 0.3) is 0 Å². The Hall–Kier alpha value is -1.60. The lowest BCUT2D eigenvalue weighted by atomic mass is 9.80. The van der Waals surface area contributed by atoms with Crippen LogP contribution in [0.5, 0.6) is 0 Å². The molecule has 1 aromatic heterocycles. The molecule has 2 fully saturated rings. The molecule has 1 amide bonds. The Labute approximate surface area is 161 Å². The van der Waals surface area contributed by atoms with E-state index < -0.39 is 6.10 Å². The zero-order chi connectivity index (χ0) is 18.8. The Morgan fingerprint density at radius 3 is 2.67 bits per heavy atom. The van der Waals surface area contributed by atoms with Crippen LogP contribution in [-0.4, -0.2) is 63.1 Å². The maximum atomic E-state index is 11.9. The lowest BCUT2D eigenvalue weighted by molar-refractivity contribution is 0.0580. The molecule has 1 saturated carbocycles. The highest BCUT2D eigenvalue weighted by Crippen LogP contribution is 2.37. The van der Waals surface area contributed by atoms with Gasteiger partial charge in [-0.25, -0.2) is 4.79 Å². The largest absolute Gasteiger partial charge is 0.450 e. The van der Waals surface area contributed by atoms with Gasteiger partial charge < -0.3 is 14.7 Å². The molecule has 1 aromatic rings. The summed E-state index contributed by atoms with van der Waals surface area (Å²) in [7, 11) is 0. The van der Waals surface area contributed by atoms with E-state index in [0.29, 0.717) is 18.6 Å². The number of amides is 1. The Morgan fingerprint density at radius 1 is 1.22 bits per heavy atom. The van der Waals surface area contributed by atoms with E-state index in [4.69, 9.17) is 9.84 Å². The van der Waals surface area contributed by atoms with Gasteiger partial charge in [0.15, 0.2) is 0 Å². The third-order valence-corrected chi connectivity index (χ3v) is 6.47. The summed E-state index contributed by atoms with van der Waals surface area (Å²) in [6, 6.07) is 2.62. The summed E-state index contributed by atoms with van der Waals surface area (Å²) >= 11 is 0. The van der Waals surface area contributed by atoms with E-state index in [2.05, 4.69) is 15.6 Å². The summed E-state index contributed by atoms with van der Waals surface area (Å²) in [5, 5.41) is 15.3. The Kier molecular flexibility index (Phi) is 5.68. The quantitative estimate of drug-likeness (QED) is 0.874. The number of hydrogen-bond acceptors (Lipinski definition) is 5. The van der Waals surface area contributed by atoms with Gasteiger partial charge >= 0.3 is 6.09 Å². The third kappa shape index (κ3) is 3.99. The van der Waals surface area contributed by atoms with Crippen LogP contribution >= 0.6 is 0 Å². The molecule has 7 nitrogen and oxygen atoms in total. The first-order valence-corrected chi connectivity index (χ1v) is 10.6. The van der Waals surface area contributed by atoms with Crippen molar-refractivity contribution in [2.75, 3.05) is 26.2 Å². The summed E-state index contributed by atoms with van der Waals surface area (Å²) in [6.45, 7) is 6.69. The number of aliphatic hydroxyl groups is 1. The second-order valence-corrected chi connectivity index (χ2v) is 8.16. The normalized spacial score (nSPS) is 23.4. The standard InChI is InChI=1S/C20H32N4O3/c1-2-27-20(26)22-11-7-16(8-12-22)23-9-4-10-24-17(14-23)13-18(21-24)19(25)15-5-3-6-15/h13,15-16,19,25H,2-12,14H2,1H3/t19-/m1/s1. The van der Waals surface area contributed by atoms with Crippen LogP contribution in [0.4, 0.5) is 4.79 Å². The number of carbonyl (C=O) groups is 1. The average Bonchev–Trinajstić information content (AvgIpc) is 2.92. The van der Waals surface area contributed by atoms with E-state index >= 15 is 0 Å². The van der Waals surface area contributed by atoms with Crippen LogP contribution in [0.1, 0.15) is 62.9 Å². The van der Waals surface area contributed by atoms with Gasteiger partial charge in [-0.05, 0) is 51.0 Å². The van der Waals surface area contributed by atoms with Crippen molar-refractivity contribution in [3.05, 3.63) is 17.5 Å². The predicted octanol–water partition coefficient (Wildman–Crippen LogP) is 2.54. The van der Waals surface area contributed by atoms with Crippen molar-refractivity contribution in [2.45, 2.75) is 70.7 Å². The molecule has 0 spiro atoms. The van der Waals surface area contributed by atoms with Crippen LogP contribution in [-0.2, 0) is 17.8 Å². The van der Waals surface area contributed by atoms with E-state index in [1.165, 1.54) is 12.1 Å². The molecule has 150 valence electrons. The van der Waals surface area contributed by atoms with Crippen molar-refractivity contribution in [3.8, 4) is 0 Å². The van der Waals surface area contributed by atoms with Crippen LogP contribution in [0.15, 0.2) is 6.07 Å². The number of aryl methyl sites for hydroxylation is 1. The molecule has 1 atom stereocenters. The molecule has 1 aliphatic carbocycles. The second-order valence-electron chi connectivity index (χ2n) is 8.16. The second kappa shape index (κ2) is 8.19. The Bertz CT molecular complexity index is 650. The fourth-order valence-corrected chi connectivity index (χ4v) is 4.59. The fourth-order valence-electron chi connectivity index (χ4n) is 4.59. The minimum Gasteiger partial charge on any atom is -0.450 e. The van der Waals surface area contributed by atoms with Crippen molar-refractivity contribution in [2.24, 2.45) is 5.92 Å². The van der Waals surface area contributed by atoms with Crippen molar-refractivity contribution in [1.82, 2.24) is 19.6 Å². The van der Waals surface area contributed by atoms with E-state index in [9.17, 15) is 9.90 Å². The van der Waals surface area contributed by atoms with E-state index in [0.717, 1.165) is 70.5 Å². The number of carbonyl (C=O) groups excluding carboxylic acids is 1. The van der Waals surface area contributed by atoms with Crippen LogP contribution in [0.2, 0.25) is 0 Å². The van der Waals surface area contributed by atoms with E-state index in [-0.39, 0.29) is 6.09 Å². The lowest BCUT2D eigenvalue weighted by Gasteiger charge is -2.37. The van der Waals surface area contributed by atoms with Gasteiger partial charge in [0.1, 0.15) is 6.10 Å². The van der Waals surface area contributed by atoms with Gasteiger partial charge in [-0.15, -0.1) is 0 Å². The maximum Gasteiger partial charge on any atom is 0.409 e. The van der Waals surface area contributed by atoms with Crippen molar-refractivity contribution < 1.29 is 14.6 Å². The van der Waals surface area contributed by atoms with Crippen molar-refractivity contribution in [3.63, 3.8) is 0 Å². The number of likely N-dealkylation sites (tertiary alicyclic amines) is 1. The molecule has 7 heteroatoms. The first-order valence-electron chi connectivity index (χ1n) is 10.6. The van der Waals surface area contributed by atoms with E-state index in [1.54, 1.807) is 0 Å². The lowest BCUT2D eigenvalue weighted by Crippen LogP contribution is -2.46. The minimum absolute atomic E-state index is 0.181. The molecular weight excluding hydrogens is 344 g/mol. The van der Waals surface area contributed by atoms with Gasteiger partial charge in [0, 0.05) is 38.8 Å². The molecule has 1 N–H and O–H groups in total. The van der Waals surface area contributed by atoms with Crippen molar-refractivity contribution in [1.29, 1.82) is 0 Å². The van der Waals surface area contributed by atoms with Crippen LogP contribution in [0.3, 0.4) is 0 Å². The molecular formula is C20H32N4O3. The summed E-state index contributed by atoms with van der Waals surface area (Å²) in [5.74, 6) is 0.396. The number of piperidine rings is 1. The third-order valence-electron chi connectivity index (χ3n) is 6.47. The first kappa shape index (κ1) is 18.7. The molecule has 3 heterocycles. The van der Waals surface area contributed by atoms with Gasteiger partial charge in [-0.2, -0.15) is 5.10 Å². The summed E-state index contributed by atoms with van der Waals surface area (Å²) < 4.78 is 7.23. The maximum absolute atomic E-state index is 11.9. The number of rotatable bonds is 4. The Morgan fingerprint density at radius 2 is 2.00 bits per heavy atom. The highest BCUT2D eigenvalue weighted by molar-refractivity contribution is 5.67. The van der Waals surface area contributed by atoms with Gasteiger partial charge in [-0.1, -0.05) is 6.42 Å². The monoisotopic (exact) mass is 376 g/mol. The van der Waals surface area contributed by atoms with Gasteiger partial charge in [0.2, 0.25) is 0 Å². The highest BCUT2D eigenvalue weighted by Gasteiger charge is 2.32. The number of nitrogens with zero attached hydrogens (tertiary/aromatic N) is 4. The number of ether oxygens (including phenoxy) is 1. The molecule has 1 saturated heterocycles. The molecule has 4 rings (SSSR count). The zero-order valence-electron chi connectivity index (χ0n) is 16.3. The van der Waals surface area contributed by atoms with E-state index in [1.807, 2.05) is 11.8 Å². The molecule has 0 bridgehead atoms. The topological polar surface area (TPSA) is 70.8 Å². The van der Waals surface area contributed by atoms with Gasteiger partial charge in [0.05, 0.1) is 18.0 Å². The SMILES string of the molecule is CCOC(=O)N1CCC(N2CCCn3nc([C@H](O)C4CCC4)cc3C2)CC1. The smallest absolute Gasteiger partial charge is 0.409 e. The Balaban J connectivity index is 1.37. The molecule has 2 aliphatic heterocycles. The fraction of sp³-hybridized carbons (Fsp3) is 0.800. The number of hydrogen-bond donors (Lipinski definition) is 1. The van der Waals surface area contributed by atoms with Gasteiger partial charge in [-0.3, -0.25) is 9.58 Å². The summed E-state index contributed by atoms with van der Waals surface area (Å²) in [6.07, 6.45) is 5.94. The highest BCUT2D eigenvalue weighted by atomic mass is 16.6. The number of aromatic nitrogens is 2. The predicted molar refractivity (Wildman–Crippen MR) is 101 cm³/mol.